The molecule has 12 nitrogen and oxygen atoms in total. The van der Waals surface area contributed by atoms with E-state index in [1.54, 1.807) is 44.2 Å². The molecule has 0 aliphatic rings. The first kappa shape index (κ1) is 33.9. The van der Waals surface area contributed by atoms with Crippen molar-refractivity contribution in [1.82, 2.24) is 0 Å². The normalized spacial score (nSPS) is 13.8. The standard InChI is InChI=1S/C30H39NO11/c1-17(2)15-37-28(34)41-23-13-12-21(14-24(23)42-29(35)38-16-18(3)4)25(26(31)27(32)33)19(5)20(6)39-30(36)40-22-10-8-7-9-11-22/h7-14,17-20,25-26H,15-16,31H2,1-6H3,(H,32,33)/t19?,20?,25?,26-/m0/s1. The molecule has 42 heavy (non-hydrogen) atoms. The van der Waals surface area contributed by atoms with E-state index in [-0.39, 0.29) is 42.3 Å². The number of aliphatic carboxylic acids is 1. The van der Waals surface area contributed by atoms with E-state index in [4.69, 9.17) is 34.2 Å². The van der Waals surface area contributed by atoms with Crippen molar-refractivity contribution in [3.05, 3.63) is 54.1 Å². The van der Waals surface area contributed by atoms with Crippen LogP contribution in [-0.2, 0) is 19.0 Å². The Bertz CT molecular complexity index is 1200. The lowest BCUT2D eigenvalue weighted by atomic mass is 9.79. The Morgan fingerprint density at radius 3 is 1.81 bits per heavy atom. The number of carboxylic acid groups (broad SMARTS) is 1. The van der Waals surface area contributed by atoms with Crippen LogP contribution in [0, 0.1) is 17.8 Å². The summed E-state index contributed by atoms with van der Waals surface area (Å²) in [6.07, 6.45) is -3.93. The number of nitrogens with two attached hydrogens (primary N) is 1. The zero-order chi connectivity index (χ0) is 31.4. The van der Waals surface area contributed by atoms with Crippen molar-refractivity contribution in [2.45, 2.75) is 59.6 Å². The van der Waals surface area contributed by atoms with Gasteiger partial charge in [0.1, 0.15) is 17.9 Å². The molecule has 2 rings (SSSR count). The molecule has 4 atom stereocenters. The molecule has 0 saturated carbocycles. The fourth-order valence-corrected chi connectivity index (χ4v) is 3.76. The van der Waals surface area contributed by atoms with Crippen LogP contribution in [-0.4, -0.2) is 54.9 Å². The number of benzene rings is 2. The van der Waals surface area contributed by atoms with E-state index in [1.807, 2.05) is 27.7 Å². The van der Waals surface area contributed by atoms with Crippen molar-refractivity contribution < 1.29 is 52.7 Å². The van der Waals surface area contributed by atoms with Crippen LogP contribution in [0.4, 0.5) is 14.4 Å². The fourth-order valence-electron chi connectivity index (χ4n) is 3.76. The topological polar surface area (TPSA) is 170 Å². The van der Waals surface area contributed by atoms with Gasteiger partial charge in [0.2, 0.25) is 0 Å². The molecule has 12 heteroatoms. The molecular formula is C30H39NO11. The van der Waals surface area contributed by atoms with Crippen LogP contribution in [0.5, 0.6) is 17.2 Å². The Labute approximate surface area is 245 Å². The average Bonchev–Trinajstić information content (AvgIpc) is 2.92. The van der Waals surface area contributed by atoms with E-state index in [2.05, 4.69) is 0 Å². The van der Waals surface area contributed by atoms with Gasteiger partial charge in [-0.05, 0) is 48.6 Å². The molecule has 0 amide bonds. The zero-order valence-corrected chi connectivity index (χ0v) is 24.6. The van der Waals surface area contributed by atoms with Gasteiger partial charge in [-0.2, -0.15) is 0 Å². The van der Waals surface area contributed by atoms with Crippen LogP contribution < -0.4 is 19.9 Å². The number of para-hydroxylation sites is 1. The average molecular weight is 590 g/mol. The maximum atomic E-state index is 12.4. The third-order valence-corrected chi connectivity index (χ3v) is 6.01. The molecule has 0 aliphatic carbocycles. The number of rotatable bonds is 13. The molecule has 0 radical (unpaired) electrons. The molecular weight excluding hydrogens is 550 g/mol. The first-order valence-electron chi connectivity index (χ1n) is 13.5. The van der Waals surface area contributed by atoms with Crippen molar-refractivity contribution in [3.63, 3.8) is 0 Å². The molecule has 3 unspecified atom stereocenters. The van der Waals surface area contributed by atoms with Crippen molar-refractivity contribution >= 4 is 24.4 Å². The first-order valence-corrected chi connectivity index (χ1v) is 13.5. The van der Waals surface area contributed by atoms with Crippen LogP contribution in [0.1, 0.15) is 53.0 Å². The summed E-state index contributed by atoms with van der Waals surface area (Å²) in [5, 5.41) is 9.79. The van der Waals surface area contributed by atoms with Crippen molar-refractivity contribution in [3.8, 4) is 17.2 Å². The lowest BCUT2D eigenvalue weighted by Gasteiger charge is -2.31. The van der Waals surface area contributed by atoms with E-state index >= 15 is 0 Å². The highest BCUT2D eigenvalue weighted by Gasteiger charge is 2.36. The minimum Gasteiger partial charge on any atom is -0.480 e. The predicted octanol–water partition coefficient (Wildman–Crippen LogP) is 5.77. The SMILES string of the molecule is CC(C)COC(=O)Oc1ccc(C(C(C)C(C)OC(=O)Oc2ccccc2)[C@H](N)C(=O)O)cc1OC(=O)OCC(C)C. The Balaban J connectivity index is 2.37. The third-order valence-electron chi connectivity index (χ3n) is 6.01. The molecule has 0 bridgehead atoms. The lowest BCUT2D eigenvalue weighted by Crippen LogP contribution is -2.43. The number of hydrogen-bond donors (Lipinski definition) is 2. The monoisotopic (exact) mass is 589 g/mol. The van der Waals surface area contributed by atoms with E-state index in [9.17, 15) is 24.3 Å². The summed E-state index contributed by atoms with van der Waals surface area (Å²) in [6.45, 7) is 10.8. The molecule has 0 spiro atoms. The van der Waals surface area contributed by atoms with Crippen LogP contribution in [0.15, 0.2) is 48.5 Å². The Kier molecular flexibility index (Phi) is 13.1. The van der Waals surface area contributed by atoms with E-state index in [0.717, 1.165) is 0 Å². The number of carbonyl (C=O) groups excluding carboxylic acids is 3. The van der Waals surface area contributed by atoms with E-state index in [0.29, 0.717) is 5.56 Å². The first-order chi connectivity index (χ1) is 19.8. The van der Waals surface area contributed by atoms with E-state index < -0.39 is 48.4 Å². The third kappa shape index (κ3) is 10.9. The smallest absolute Gasteiger partial charge is 0.480 e. The second kappa shape index (κ2) is 16.2. The molecule has 230 valence electrons. The summed E-state index contributed by atoms with van der Waals surface area (Å²) >= 11 is 0. The molecule has 0 fully saturated rings. The van der Waals surface area contributed by atoms with Gasteiger partial charge in [-0.15, -0.1) is 0 Å². The van der Waals surface area contributed by atoms with E-state index in [1.165, 1.54) is 18.2 Å². The van der Waals surface area contributed by atoms with Crippen LogP contribution >= 0.6 is 0 Å². The Morgan fingerprint density at radius 2 is 1.29 bits per heavy atom. The zero-order valence-electron chi connectivity index (χ0n) is 24.6. The lowest BCUT2D eigenvalue weighted by molar-refractivity contribution is -0.139. The number of carbonyl (C=O) groups is 4. The summed E-state index contributed by atoms with van der Waals surface area (Å²) in [5.41, 5.74) is 6.40. The van der Waals surface area contributed by atoms with Crippen LogP contribution in [0.3, 0.4) is 0 Å². The summed E-state index contributed by atoms with van der Waals surface area (Å²) < 4.78 is 31.3. The van der Waals surface area contributed by atoms with Gasteiger partial charge >= 0.3 is 24.4 Å². The largest absolute Gasteiger partial charge is 0.514 e. The highest BCUT2D eigenvalue weighted by atomic mass is 16.7. The van der Waals surface area contributed by atoms with Gasteiger partial charge in [0, 0.05) is 11.8 Å². The minimum absolute atomic E-state index is 0.0273. The highest BCUT2D eigenvalue weighted by molar-refractivity contribution is 5.75. The second-order valence-electron chi connectivity index (χ2n) is 10.6. The summed E-state index contributed by atoms with van der Waals surface area (Å²) in [5.74, 6) is -3.00. The van der Waals surface area contributed by atoms with Gasteiger partial charge in [-0.25, -0.2) is 14.4 Å². The summed E-state index contributed by atoms with van der Waals surface area (Å²) in [6, 6.07) is 10.9. The second-order valence-corrected chi connectivity index (χ2v) is 10.6. The number of carboxylic acids is 1. The number of ether oxygens (including phenoxy) is 6. The molecule has 0 aromatic heterocycles. The number of hydrogen-bond acceptors (Lipinski definition) is 11. The van der Waals surface area contributed by atoms with Gasteiger partial charge in [-0.1, -0.05) is 58.9 Å². The van der Waals surface area contributed by atoms with Crippen molar-refractivity contribution in [1.29, 1.82) is 0 Å². The Morgan fingerprint density at radius 1 is 0.738 bits per heavy atom. The fraction of sp³-hybridized carbons (Fsp3) is 0.467. The molecule has 0 saturated heterocycles. The van der Waals surface area contributed by atoms with Crippen LogP contribution in [0.25, 0.3) is 0 Å². The van der Waals surface area contributed by atoms with Gasteiger partial charge in [0.25, 0.3) is 0 Å². The molecule has 0 aliphatic heterocycles. The molecule has 0 heterocycles. The van der Waals surface area contributed by atoms with Gasteiger partial charge in [-0.3, -0.25) is 4.79 Å². The van der Waals surface area contributed by atoms with Crippen molar-refractivity contribution in [2.75, 3.05) is 13.2 Å². The predicted molar refractivity (Wildman–Crippen MR) is 151 cm³/mol. The maximum Gasteiger partial charge on any atom is 0.514 e. The maximum absolute atomic E-state index is 12.4. The van der Waals surface area contributed by atoms with Gasteiger partial charge < -0.3 is 39.3 Å². The summed E-state index contributed by atoms with van der Waals surface area (Å²) in [4.78, 5) is 49.0. The van der Waals surface area contributed by atoms with Crippen molar-refractivity contribution in [2.24, 2.45) is 23.5 Å². The summed E-state index contributed by atoms with van der Waals surface area (Å²) in [7, 11) is 0. The van der Waals surface area contributed by atoms with Gasteiger partial charge in [0.05, 0.1) is 13.2 Å². The quantitative estimate of drug-likeness (QED) is 0.165. The molecule has 2 aromatic rings. The molecule has 2 aromatic carbocycles. The highest BCUT2D eigenvalue weighted by Crippen LogP contribution is 2.37. The van der Waals surface area contributed by atoms with Gasteiger partial charge in [0.15, 0.2) is 11.5 Å². The molecule has 3 N–H and O–H groups in total. The minimum atomic E-state index is -1.46. The Hall–Kier alpha value is -4.32. The van der Waals surface area contributed by atoms with Crippen LogP contribution in [0.2, 0.25) is 0 Å².